The summed E-state index contributed by atoms with van der Waals surface area (Å²) in [5, 5.41) is 3.62. The van der Waals surface area contributed by atoms with E-state index in [1.807, 2.05) is 48.7 Å². The van der Waals surface area contributed by atoms with E-state index >= 15 is 0 Å². The lowest BCUT2D eigenvalue weighted by Gasteiger charge is -2.19. The summed E-state index contributed by atoms with van der Waals surface area (Å²) in [6.45, 7) is 7.76. The minimum atomic E-state index is -0.543. The number of carbonyl (C=O) groups is 4. The summed E-state index contributed by atoms with van der Waals surface area (Å²) < 4.78 is 1.92. The van der Waals surface area contributed by atoms with E-state index in [1.165, 1.54) is 0 Å². The van der Waals surface area contributed by atoms with Gasteiger partial charge < -0.3 is 14.6 Å². The van der Waals surface area contributed by atoms with E-state index in [2.05, 4.69) is 23.3 Å². The van der Waals surface area contributed by atoms with Crippen LogP contribution < -0.4 is 5.32 Å². The van der Waals surface area contributed by atoms with Crippen LogP contribution in [0.1, 0.15) is 79.7 Å². The van der Waals surface area contributed by atoms with Crippen LogP contribution in [0.5, 0.6) is 0 Å². The molecule has 3 amide bonds. The normalized spacial score (nSPS) is 15.0. The number of carbonyl (C=O) groups excluding carboxylic acids is 4. The molecule has 2 aromatic heterocycles. The van der Waals surface area contributed by atoms with Gasteiger partial charge in [0.15, 0.2) is 0 Å². The summed E-state index contributed by atoms with van der Waals surface area (Å²) in [6, 6.07) is 11.7. The van der Waals surface area contributed by atoms with Crippen molar-refractivity contribution in [3.8, 4) is 0 Å². The minimum Gasteiger partial charge on any atom is -0.330 e. The van der Waals surface area contributed by atoms with E-state index in [9.17, 15) is 19.2 Å². The minimum absolute atomic E-state index is 0.0909. The Hall–Kier alpha value is -4.01. The summed E-state index contributed by atoms with van der Waals surface area (Å²) in [4.78, 5) is 58.2. The van der Waals surface area contributed by atoms with Crippen LogP contribution in [0, 0.1) is 25.7 Å². The molecule has 0 bridgehead atoms. The maximum Gasteiger partial charge on any atom is 0.335 e. The van der Waals surface area contributed by atoms with Crippen molar-refractivity contribution in [3.63, 3.8) is 0 Å². The molecule has 1 aliphatic heterocycles. The fourth-order valence-corrected chi connectivity index (χ4v) is 5.05. The highest BCUT2D eigenvalue weighted by molar-refractivity contribution is 6.08. The maximum atomic E-state index is 13.0. The summed E-state index contributed by atoms with van der Waals surface area (Å²) in [5.74, 6) is -1.76. The molecule has 0 saturated carbocycles. The molecule has 0 radical (unpaired) electrons. The number of fused-ring (bicyclic) bond motifs is 1. The predicted octanol–water partition coefficient (Wildman–Crippen LogP) is 5.19. The molecule has 1 fully saturated rings. The van der Waals surface area contributed by atoms with Gasteiger partial charge in [-0.15, -0.1) is 5.06 Å². The summed E-state index contributed by atoms with van der Waals surface area (Å²) in [5.41, 5.74) is 4.97. The lowest BCUT2D eigenvalue weighted by molar-refractivity contribution is -0.200. The van der Waals surface area contributed by atoms with Crippen molar-refractivity contribution in [1.82, 2.24) is 14.4 Å². The molecule has 1 aromatic carbocycles. The van der Waals surface area contributed by atoms with Crippen molar-refractivity contribution in [2.75, 3.05) is 5.32 Å². The van der Waals surface area contributed by atoms with Crippen LogP contribution in [0.25, 0.3) is 5.65 Å². The standard InChI is InChI=1S/C30H36N4O5/c1-19(16-20(2)30(38)39-34-26(35)12-13-27(34)36)8-5-6-9-23-10-7-11-24(18-23)32-29(37)25-14-15-33-22(4)17-21(3)31-28(25)33/h7,10-11,14-15,17-20H,5-6,8-9,12-13,16H2,1-4H3,(H,32,37). The molecule has 9 heteroatoms. The average molecular weight is 533 g/mol. The Morgan fingerprint density at radius 3 is 2.54 bits per heavy atom. The fraction of sp³-hybridized carbons (Fsp3) is 0.433. The molecule has 1 N–H and O–H groups in total. The Morgan fingerprint density at radius 2 is 1.79 bits per heavy atom. The number of nitrogens with zero attached hydrogens (tertiary/aromatic N) is 3. The Bertz CT molecular complexity index is 1380. The number of amides is 3. The van der Waals surface area contributed by atoms with Crippen LogP contribution in [0.15, 0.2) is 42.6 Å². The second kappa shape index (κ2) is 12.2. The third-order valence-electron chi connectivity index (χ3n) is 7.13. The molecule has 9 nitrogen and oxygen atoms in total. The molecule has 1 aliphatic rings. The van der Waals surface area contributed by atoms with Gasteiger partial charge in [-0.1, -0.05) is 38.8 Å². The Balaban J connectivity index is 1.22. The SMILES string of the molecule is Cc1cc(C)n2ccc(C(=O)Nc3cccc(CCCCC(C)CC(C)C(=O)ON4C(=O)CCC4=O)c3)c2n1. The number of hydrogen-bond acceptors (Lipinski definition) is 6. The molecular weight excluding hydrogens is 496 g/mol. The van der Waals surface area contributed by atoms with Crippen LogP contribution in [0.2, 0.25) is 0 Å². The number of nitrogens with one attached hydrogen (secondary N) is 1. The van der Waals surface area contributed by atoms with Gasteiger partial charge in [0.25, 0.3) is 17.7 Å². The number of aryl methyl sites for hydroxylation is 3. The van der Waals surface area contributed by atoms with Crippen molar-refractivity contribution in [3.05, 3.63) is 65.1 Å². The van der Waals surface area contributed by atoms with Crippen LogP contribution in [-0.4, -0.2) is 38.1 Å². The van der Waals surface area contributed by atoms with Crippen LogP contribution >= 0.6 is 0 Å². The highest BCUT2D eigenvalue weighted by atomic mass is 16.7. The first-order valence-electron chi connectivity index (χ1n) is 13.6. The number of benzene rings is 1. The van der Waals surface area contributed by atoms with E-state index < -0.39 is 23.7 Å². The third kappa shape index (κ3) is 6.90. The number of anilines is 1. The Kier molecular flexibility index (Phi) is 8.79. The molecular formula is C30H36N4O5. The molecule has 206 valence electrons. The topological polar surface area (TPSA) is 110 Å². The van der Waals surface area contributed by atoms with E-state index in [0.717, 1.165) is 48.3 Å². The highest BCUT2D eigenvalue weighted by Crippen LogP contribution is 2.22. The number of aromatic nitrogens is 2. The molecule has 2 unspecified atom stereocenters. The Morgan fingerprint density at radius 1 is 1.05 bits per heavy atom. The lowest BCUT2D eigenvalue weighted by Crippen LogP contribution is -2.34. The first-order valence-corrected chi connectivity index (χ1v) is 13.6. The summed E-state index contributed by atoms with van der Waals surface area (Å²) in [7, 11) is 0. The van der Waals surface area contributed by atoms with Crippen molar-refractivity contribution in [2.45, 2.75) is 72.6 Å². The number of hydroxylamine groups is 2. The molecule has 2 atom stereocenters. The van der Waals surface area contributed by atoms with E-state index in [-0.39, 0.29) is 18.7 Å². The monoisotopic (exact) mass is 532 g/mol. The first-order chi connectivity index (χ1) is 18.6. The van der Waals surface area contributed by atoms with Gasteiger partial charge in [0, 0.05) is 36.1 Å². The molecule has 3 heterocycles. The van der Waals surface area contributed by atoms with Crippen LogP contribution in [-0.2, 0) is 25.6 Å². The van der Waals surface area contributed by atoms with Gasteiger partial charge in [-0.25, -0.2) is 9.78 Å². The van der Waals surface area contributed by atoms with Gasteiger partial charge in [0.1, 0.15) is 5.65 Å². The average Bonchev–Trinajstić information content (AvgIpc) is 3.45. The van der Waals surface area contributed by atoms with Gasteiger partial charge >= 0.3 is 5.97 Å². The second-order valence-corrected chi connectivity index (χ2v) is 10.6. The van der Waals surface area contributed by atoms with Crippen LogP contribution in [0.3, 0.4) is 0 Å². The largest absolute Gasteiger partial charge is 0.335 e. The zero-order valence-corrected chi connectivity index (χ0v) is 23.0. The number of imide groups is 1. The van der Waals surface area contributed by atoms with Gasteiger partial charge in [0.2, 0.25) is 0 Å². The lowest BCUT2D eigenvalue weighted by atomic mass is 9.92. The van der Waals surface area contributed by atoms with Gasteiger partial charge in [-0.05, 0) is 68.9 Å². The third-order valence-corrected chi connectivity index (χ3v) is 7.13. The van der Waals surface area contributed by atoms with Crippen molar-refractivity contribution >= 4 is 35.0 Å². The predicted molar refractivity (Wildman–Crippen MR) is 147 cm³/mol. The molecule has 0 spiro atoms. The number of unbranched alkanes of at least 4 members (excludes halogenated alkanes) is 1. The van der Waals surface area contributed by atoms with Crippen molar-refractivity contribution in [1.29, 1.82) is 0 Å². The molecule has 0 aliphatic carbocycles. The van der Waals surface area contributed by atoms with Crippen LogP contribution in [0.4, 0.5) is 5.69 Å². The molecule has 3 aromatic rings. The van der Waals surface area contributed by atoms with E-state index in [4.69, 9.17) is 4.84 Å². The van der Waals surface area contributed by atoms with Gasteiger partial charge in [-0.3, -0.25) is 14.4 Å². The second-order valence-electron chi connectivity index (χ2n) is 10.6. The number of hydrogen-bond donors (Lipinski definition) is 1. The Labute approximate surface area is 228 Å². The smallest absolute Gasteiger partial charge is 0.330 e. The molecule has 4 rings (SSSR count). The van der Waals surface area contributed by atoms with Gasteiger partial charge in [-0.2, -0.15) is 0 Å². The van der Waals surface area contributed by atoms with Crippen molar-refractivity contribution in [2.24, 2.45) is 11.8 Å². The maximum absolute atomic E-state index is 13.0. The van der Waals surface area contributed by atoms with E-state index in [0.29, 0.717) is 28.6 Å². The van der Waals surface area contributed by atoms with Crippen molar-refractivity contribution < 1.29 is 24.0 Å². The quantitative estimate of drug-likeness (QED) is 0.269. The summed E-state index contributed by atoms with van der Waals surface area (Å²) >= 11 is 0. The van der Waals surface area contributed by atoms with Gasteiger partial charge in [0.05, 0.1) is 11.5 Å². The number of rotatable bonds is 11. The molecule has 1 saturated heterocycles. The first kappa shape index (κ1) is 28.0. The molecule has 39 heavy (non-hydrogen) atoms. The highest BCUT2D eigenvalue weighted by Gasteiger charge is 2.34. The zero-order chi connectivity index (χ0) is 28.1. The zero-order valence-electron chi connectivity index (χ0n) is 23.0. The summed E-state index contributed by atoms with van der Waals surface area (Å²) in [6.07, 6.45) is 6.46. The van der Waals surface area contributed by atoms with E-state index in [1.54, 1.807) is 13.0 Å². The fourth-order valence-electron chi connectivity index (χ4n) is 5.05.